The smallest absolute Gasteiger partial charge is 0.211 e. The molecule has 0 spiro atoms. The fourth-order valence-electron chi connectivity index (χ4n) is 3.53. The Balaban J connectivity index is 1.54. The summed E-state index contributed by atoms with van der Waals surface area (Å²) in [6.07, 6.45) is 3.05. The van der Waals surface area contributed by atoms with E-state index in [4.69, 9.17) is 0 Å². The lowest BCUT2D eigenvalue weighted by molar-refractivity contribution is 0.0774. The predicted octanol–water partition coefficient (Wildman–Crippen LogP) is 0.982. The van der Waals surface area contributed by atoms with Crippen LogP contribution in [0.15, 0.2) is 18.2 Å². The van der Waals surface area contributed by atoms with Crippen LogP contribution in [0.3, 0.4) is 0 Å². The number of aldehydes is 1. The van der Waals surface area contributed by atoms with Gasteiger partial charge in [-0.3, -0.25) is 9.69 Å². The maximum atomic E-state index is 11.5. The molecular formula is C16H19N3O3S. The third-order valence-electron chi connectivity index (χ3n) is 4.94. The minimum Gasteiger partial charge on any atom is -0.352 e. The molecule has 6 nitrogen and oxygen atoms in total. The van der Waals surface area contributed by atoms with Crippen LogP contribution in [0, 0.1) is 0 Å². The van der Waals surface area contributed by atoms with E-state index in [2.05, 4.69) is 22.0 Å². The molecule has 2 aliphatic rings. The molecule has 3 heterocycles. The quantitative estimate of drug-likeness (QED) is 0.850. The summed E-state index contributed by atoms with van der Waals surface area (Å²) >= 11 is 0. The number of fused-ring (bicyclic) bond motifs is 2. The van der Waals surface area contributed by atoms with Crippen LogP contribution < -0.4 is 0 Å². The van der Waals surface area contributed by atoms with Crippen molar-refractivity contribution in [2.75, 3.05) is 25.9 Å². The van der Waals surface area contributed by atoms with Gasteiger partial charge < -0.3 is 4.98 Å². The van der Waals surface area contributed by atoms with Crippen molar-refractivity contribution in [3.8, 4) is 0 Å². The molecule has 7 heteroatoms. The van der Waals surface area contributed by atoms with Crippen LogP contribution in [0.25, 0.3) is 10.9 Å². The first kappa shape index (κ1) is 14.9. The van der Waals surface area contributed by atoms with E-state index >= 15 is 0 Å². The largest absolute Gasteiger partial charge is 0.352 e. The summed E-state index contributed by atoms with van der Waals surface area (Å²) in [5.74, 6) is 0. The van der Waals surface area contributed by atoms with Gasteiger partial charge in [-0.2, -0.15) is 4.31 Å². The summed E-state index contributed by atoms with van der Waals surface area (Å²) in [5, 5.41) is 1.05. The fourth-order valence-corrected chi connectivity index (χ4v) is 4.42. The highest BCUT2D eigenvalue weighted by Crippen LogP contribution is 2.28. The molecule has 0 bridgehead atoms. The Morgan fingerprint density at radius 3 is 2.70 bits per heavy atom. The Kier molecular flexibility index (Phi) is 3.33. The lowest BCUT2D eigenvalue weighted by Crippen LogP contribution is -2.61. The Morgan fingerprint density at radius 1 is 1.22 bits per heavy atom. The molecule has 1 aromatic heterocycles. The molecule has 1 saturated heterocycles. The summed E-state index contributed by atoms with van der Waals surface area (Å²) in [6, 6.07) is 6.47. The highest BCUT2D eigenvalue weighted by atomic mass is 32.2. The molecule has 1 fully saturated rings. The number of rotatable bonds is 3. The summed E-state index contributed by atoms with van der Waals surface area (Å²) < 4.78 is 24.5. The maximum absolute atomic E-state index is 11.5. The topological polar surface area (TPSA) is 73.5 Å². The predicted molar refractivity (Wildman–Crippen MR) is 88.0 cm³/mol. The second-order valence-electron chi connectivity index (χ2n) is 6.50. The van der Waals surface area contributed by atoms with Crippen molar-refractivity contribution in [1.82, 2.24) is 14.2 Å². The molecule has 1 N–H and O–H groups in total. The summed E-state index contributed by atoms with van der Waals surface area (Å²) in [7, 11) is -3.06. The molecule has 0 radical (unpaired) electrons. The first-order valence-electron chi connectivity index (χ1n) is 7.73. The third-order valence-corrected chi connectivity index (χ3v) is 6.18. The number of hydrogen-bond donors (Lipinski definition) is 1. The molecule has 4 rings (SSSR count). The zero-order valence-electron chi connectivity index (χ0n) is 12.9. The normalized spacial score (nSPS) is 20.4. The molecular weight excluding hydrogens is 314 g/mol. The van der Waals surface area contributed by atoms with E-state index in [1.807, 2.05) is 6.07 Å². The van der Waals surface area contributed by atoms with Crippen LogP contribution in [0.1, 0.15) is 21.6 Å². The number of aromatic nitrogens is 1. The van der Waals surface area contributed by atoms with Crippen molar-refractivity contribution < 1.29 is 13.2 Å². The van der Waals surface area contributed by atoms with Gasteiger partial charge in [0.2, 0.25) is 10.0 Å². The first-order valence-corrected chi connectivity index (χ1v) is 9.58. The Labute approximate surface area is 135 Å². The van der Waals surface area contributed by atoms with Gasteiger partial charge >= 0.3 is 0 Å². The zero-order chi connectivity index (χ0) is 16.2. The van der Waals surface area contributed by atoms with E-state index in [9.17, 15) is 13.2 Å². The van der Waals surface area contributed by atoms with Gasteiger partial charge in [0.25, 0.3) is 0 Å². The average Bonchev–Trinajstić information content (AvgIpc) is 2.83. The maximum Gasteiger partial charge on any atom is 0.211 e. The minimum absolute atomic E-state index is 0.310. The third kappa shape index (κ3) is 2.58. The van der Waals surface area contributed by atoms with Crippen molar-refractivity contribution in [1.29, 1.82) is 0 Å². The molecule has 2 aromatic rings. The molecule has 0 atom stereocenters. The van der Waals surface area contributed by atoms with Crippen LogP contribution in [-0.2, 0) is 23.0 Å². The molecule has 1 aromatic carbocycles. The number of H-pyrrole nitrogens is 1. The lowest BCUT2D eigenvalue weighted by Gasteiger charge is -2.45. The molecule has 0 unspecified atom stereocenters. The summed E-state index contributed by atoms with van der Waals surface area (Å²) in [5.41, 5.74) is 4.19. The molecule has 122 valence electrons. The molecule has 23 heavy (non-hydrogen) atoms. The second-order valence-corrected chi connectivity index (χ2v) is 8.49. The van der Waals surface area contributed by atoms with Gasteiger partial charge in [-0.25, -0.2) is 8.42 Å². The minimum atomic E-state index is -3.06. The number of benzene rings is 1. The average molecular weight is 333 g/mol. The Hall–Kier alpha value is -1.70. The summed E-state index contributed by atoms with van der Waals surface area (Å²) in [6.45, 7) is 2.98. The highest BCUT2D eigenvalue weighted by Gasteiger charge is 2.37. The highest BCUT2D eigenvalue weighted by molar-refractivity contribution is 7.88. The van der Waals surface area contributed by atoms with Gasteiger partial charge in [0.05, 0.1) is 11.9 Å². The van der Waals surface area contributed by atoms with Crippen LogP contribution in [-0.4, -0.2) is 60.8 Å². The van der Waals surface area contributed by atoms with Crippen molar-refractivity contribution in [2.24, 2.45) is 0 Å². The number of hydrogen-bond acceptors (Lipinski definition) is 4. The number of sulfonamides is 1. The number of carbonyl (C=O) groups excluding carboxylic acids is 1. The number of carbonyl (C=O) groups is 1. The standard InChI is InChI=1S/C16H19N3O3S/c1-23(21,22)19-8-15(9-19)18-3-2-11-6-16-12(4-13(11)7-18)5-14(10-20)17-16/h4-6,10,15,17H,2-3,7-9H2,1H3. The van der Waals surface area contributed by atoms with E-state index in [1.165, 1.54) is 21.7 Å². The van der Waals surface area contributed by atoms with Crippen LogP contribution >= 0.6 is 0 Å². The zero-order valence-corrected chi connectivity index (χ0v) is 13.8. The van der Waals surface area contributed by atoms with E-state index in [-0.39, 0.29) is 0 Å². The molecule has 0 saturated carbocycles. The molecule has 0 amide bonds. The van der Waals surface area contributed by atoms with Gasteiger partial charge in [0.15, 0.2) is 6.29 Å². The number of nitrogens with one attached hydrogen (secondary N) is 1. The Morgan fingerprint density at radius 2 is 2.00 bits per heavy atom. The van der Waals surface area contributed by atoms with E-state index in [0.29, 0.717) is 24.8 Å². The van der Waals surface area contributed by atoms with E-state index in [1.54, 1.807) is 0 Å². The number of nitrogens with zero attached hydrogens (tertiary/aromatic N) is 2. The molecule has 2 aliphatic heterocycles. The van der Waals surface area contributed by atoms with Gasteiger partial charge in [0.1, 0.15) is 0 Å². The van der Waals surface area contributed by atoms with Gasteiger partial charge in [-0.15, -0.1) is 0 Å². The summed E-state index contributed by atoms with van der Waals surface area (Å²) in [4.78, 5) is 16.4. The lowest BCUT2D eigenvalue weighted by atomic mass is 9.96. The van der Waals surface area contributed by atoms with Gasteiger partial charge in [-0.1, -0.05) is 0 Å². The van der Waals surface area contributed by atoms with E-state index in [0.717, 1.165) is 36.7 Å². The van der Waals surface area contributed by atoms with Crippen molar-refractivity contribution >= 4 is 27.2 Å². The van der Waals surface area contributed by atoms with Crippen molar-refractivity contribution in [3.63, 3.8) is 0 Å². The van der Waals surface area contributed by atoms with Crippen LogP contribution in [0.5, 0.6) is 0 Å². The first-order chi connectivity index (χ1) is 10.9. The number of aromatic amines is 1. The van der Waals surface area contributed by atoms with Gasteiger partial charge in [0, 0.05) is 43.1 Å². The van der Waals surface area contributed by atoms with E-state index < -0.39 is 10.0 Å². The van der Waals surface area contributed by atoms with Crippen LogP contribution in [0.2, 0.25) is 0 Å². The van der Waals surface area contributed by atoms with Gasteiger partial charge in [-0.05, 0) is 35.7 Å². The second kappa shape index (κ2) is 5.15. The van der Waals surface area contributed by atoms with Crippen molar-refractivity contribution in [2.45, 2.75) is 19.0 Å². The SMILES string of the molecule is CS(=O)(=O)N1CC(N2CCc3cc4[nH]c(C=O)cc4cc3C2)C1. The fraction of sp³-hybridized carbons (Fsp3) is 0.438. The monoisotopic (exact) mass is 333 g/mol. The molecule has 0 aliphatic carbocycles. The van der Waals surface area contributed by atoms with Crippen molar-refractivity contribution in [3.05, 3.63) is 35.0 Å². The van der Waals surface area contributed by atoms with Crippen LogP contribution in [0.4, 0.5) is 0 Å². The Bertz CT molecular complexity index is 881.